The Kier molecular flexibility index (Phi) is 6.01. The van der Waals surface area contributed by atoms with E-state index in [1.807, 2.05) is 13.8 Å². The molecule has 1 rings (SSSR count). The van der Waals surface area contributed by atoms with Crippen LogP contribution in [0, 0.1) is 23.1 Å². The molecule has 0 heterocycles. The van der Waals surface area contributed by atoms with Crippen LogP contribution in [0.2, 0.25) is 0 Å². The fourth-order valence-corrected chi connectivity index (χ4v) is 1.83. The number of nitrogens with zero attached hydrogens (tertiary/aromatic N) is 2. The van der Waals surface area contributed by atoms with Crippen LogP contribution < -0.4 is 0 Å². The number of benzene rings is 1. The van der Waals surface area contributed by atoms with Crippen LogP contribution in [0.3, 0.4) is 0 Å². The van der Waals surface area contributed by atoms with Gasteiger partial charge in [0, 0.05) is 13.1 Å². The minimum absolute atomic E-state index is 0.0180. The fraction of sp³-hybridized carbons (Fsp3) is 0.467. The molecule has 0 aliphatic rings. The zero-order valence-electron chi connectivity index (χ0n) is 11.4. The average molecular weight is 262 g/mol. The lowest BCUT2D eigenvalue weighted by atomic mass is 10.1. The molecule has 1 aromatic carbocycles. The second kappa shape index (κ2) is 7.52. The van der Waals surface area contributed by atoms with E-state index in [9.17, 15) is 9.18 Å². The quantitative estimate of drug-likeness (QED) is 0.791. The first-order valence-electron chi connectivity index (χ1n) is 6.42. The summed E-state index contributed by atoms with van der Waals surface area (Å²) in [5, 5.41) is 8.62. The molecule has 1 amide bonds. The number of carbonyl (C=O) groups excluding carboxylic acids is 1. The Bertz CT molecular complexity index is 448. The smallest absolute Gasteiger partial charge is 0.227 e. The van der Waals surface area contributed by atoms with Crippen molar-refractivity contribution in [3.8, 4) is 6.07 Å². The lowest BCUT2D eigenvalue weighted by Crippen LogP contribution is -2.36. The molecule has 4 heteroatoms. The topological polar surface area (TPSA) is 44.1 Å². The highest BCUT2D eigenvalue weighted by Crippen LogP contribution is 2.08. The van der Waals surface area contributed by atoms with Crippen LogP contribution in [0.1, 0.15) is 25.8 Å². The van der Waals surface area contributed by atoms with E-state index in [1.54, 1.807) is 17.0 Å². The molecule has 0 atom stereocenters. The molecule has 0 spiro atoms. The predicted octanol–water partition coefficient (Wildman–Crippen LogP) is 2.77. The Balaban J connectivity index is 2.65. The van der Waals surface area contributed by atoms with Crippen molar-refractivity contribution in [2.75, 3.05) is 13.1 Å². The van der Waals surface area contributed by atoms with E-state index in [1.165, 1.54) is 12.1 Å². The normalized spacial score (nSPS) is 10.3. The van der Waals surface area contributed by atoms with Crippen molar-refractivity contribution >= 4 is 5.91 Å². The Morgan fingerprint density at radius 1 is 1.37 bits per heavy atom. The first-order chi connectivity index (χ1) is 9.02. The van der Waals surface area contributed by atoms with Crippen LogP contribution in [0.5, 0.6) is 0 Å². The second-order valence-electron chi connectivity index (χ2n) is 4.94. The molecule has 1 aromatic rings. The molecule has 0 radical (unpaired) electrons. The van der Waals surface area contributed by atoms with Gasteiger partial charge in [0.15, 0.2) is 0 Å². The number of amides is 1. The molecule has 0 aliphatic carbocycles. The highest BCUT2D eigenvalue weighted by Gasteiger charge is 2.15. The number of hydrogen-bond donors (Lipinski definition) is 0. The number of rotatable bonds is 6. The van der Waals surface area contributed by atoms with Gasteiger partial charge in [-0.1, -0.05) is 26.0 Å². The van der Waals surface area contributed by atoms with Gasteiger partial charge in [0.2, 0.25) is 5.91 Å². The number of carbonyl (C=O) groups is 1. The van der Waals surface area contributed by atoms with Crippen LogP contribution >= 0.6 is 0 Å². The van der Waals surface area contributed by atoms with E-state index in [0.29, 0.717) is 25.4 Å². The van der Waals surface area contributed by atoms with Gasteiger partial charge in [-0.2, -0.15) is 5.26 Å². The maximum Gasteiger partial charge on any atom is 0.227 e. The van der Waals surface area contributed by atoms with Crippen LogP contribution in [0.15, 0.2) is 24.3 Å². The van der Waals surface area contributed by atoms with Crippen LogP contribution in [0.25, 0.3) is 0 Å². The zero-order valence-corrected chi connectivity index (χ0v) is 11.4. The predicted molar refractivity (Wildman–Crippen MR) is 71.8 cm³/mol. The minimum Gasteiger partial charge on any atom is -0.341 e. The molecular formula is C15H19FN2O. The third kappa shape index (κ3) is 5.52. The van der Waals surface area contributed by atoms with Gasteiger partial charge in [-0.05, 0) is 23.6 Å². The Labute approximate surface area is 113 Å². The number of nitriles is 1. The van der Waals surface area contributed by atoms with Crippen molar-refractivity contribution in [3.05, 3.63) is 35.6 Å². The summed E-state index contributed by atoms with van der Waals surface area (Å²) in [7, 11) is 0. The van der Waals surface area contributed by atoms with Crippen molar-refractivity contribution in [3.63, 3.8) is 0 Å². The second-order valence-corrected chi connectivity index (χ2v) is 4.94. The molecule has 0 unspecified atom stereocenters. The van der Waals surface area contributed by atoms with E-state index in [-0.39, 0.29) is 18.1 Å². The fourth-order valence-electron chi connectivity index (χ4n) is 1.83. The summed E-state index contributed by atoms with van der Waals surface area (Å²) in [6.07, 6.45) is 0.584. The molecule has 19 heavy (non-hydrogen) atoms. The van der Waals surface area contributed by atoms with Crippen molar-refractivity contribution in [2.45, 2.75) is 26.7 Å². The first-order valence-corrected chi connectivity index (χ1v) is 6.42. The van der Waals surface area contributed by atoms with Gasteiger partial charge < -0.3 is 4.90 Å². The molecule has 0 saturated carbocycles. The van der Waals surface area contributed by atoms with E-state index in [4.69, 9.17) is 5.26 Å². The van der Waals surface area contributed by atoms with E-state index in [2.05, 4.69) is 6.07 Å². The maximum absolute atomic E-state index is 12.8. The third-order valence-corrected chi connectivity index (χ3v) is 2.70. The maximum atomic E-state index is 12.8. The van der Waals surface area contributed by atoms with Crippen molar-refractivity contribution < 1.29 is 9.18 Å². The molecule has 0 aliphatic heterocycles. The van der Waals surface area contributed by atoms with Gasteiger partial charge >= 0.3 is 0 Å². The summed E-state index contributed by atoms with van der Waals surface area (Å²) < 4.78 is 12.8. The molecule has 0 aromatic heterocycles. The van der Waals surface area contributed by atoms with Crippen LogP contribution in [-0.4, -0.2) is 23.9 Å². The summed E-state index contributed by atoms with van der Waals surface area (Å²) in [6, 6.07) is 7.99. The average Bonchev–Trinajstić information content (AvgIpc) is 2.36. The molecule has 3 nitrogen and oxygen atoms in total. The summed E-state index contributed by atoms with van der Waals surface area (Å²) in [5.74, 6) is 0.0335. The van der Waals surface area contributed by atoms with Gasteiger partial charge in [0.1, 0.15) is 5.82 Å². The van der Waals surface area contributed by atoms with Gasteiger partial charge in [-0.15, -0.1) is 0 Å². The Hall–Kier alpha value is -1.89. The van der Waals surface area contributed by atoms with E-state index < -0.39 is 0 Å². The first kappa shape index (κ1) is 15.2. The monoisotopic (exact) mass is 262 g/mol. The molecular weight excluding hydrogens is 243 g/mol. The summed E-state index contributed by atoms with van der Waals surface area (Å²) in [5.41, 5.74) is 0.789. The molecule has 0 bridgehead atoms. The summed E-state index contributed by atoms with van der Waals surface area (Å²) in [4.78, 5) is 13.9. The van der Waals surface area contributed by atoms with Gasteiger partial charge in [-0.25, -0.2) is 4.39 Å². The molecule has 0 fully saturated rings. The summed E-state index contributed by atoms with van der Waals surface area (Å²) >= 11 is 0. The van der Waals surface area contributed by atoms with Crippen LogP contribution in [0.4, 0.5) is 4.39 Å². The van der Waals surface area contributed by atoms with Gasteiger partial charge in [0.25, 0.3) is 0 Å². The van der Waals surface area contributed by atoms with Crippen molar-refractivity contribution in [1.82, 2.24) is 4.90 Å². The standard InChI is InChI=1S/C15H19FN2O/c1-12(2)11-18(9-3-8-17)15(19)10-13-4-6-14(16)7-5-13/h4-7,12H,3,9-11H2,1-2H3. The minimum atomic E-state index is -0.306. The van der Waals surface area contributed by atoms with E-state index in [0.717, 1.165) is 5.56 Å². The number of halogens is 1. The SMILES string of the molecule is CC(C)CN(CCC#N)C(=O)Cc1ccc(F)cc1. The third-order valence-electron chi connectivity index (χ3n) is 2.70. The largest absolute Gasteiger partial charge is 0.341 e. The molecule has 0 N–H and O–H groups in total. The van der Waals surface area contributed by atoms with Crippen LogP contribution in [-0.2, 0) is 11.2 Å². The lowest BCUT2D eigenvalue weighted by molar-refractivity contribution is -0.130. The van der Waals surface area contributed by atoms with Gasteiger partial charge in [0.05, 0.1) is 18.9 Å². The summed E-state index contributed by atoms with van der Waals surface area (Å²) in [6.45, 7) is 5.16. The van der Waals surface area contributed by atoms with Gasteiger partial charge in [-0.3, -0.25) is 4.79 Å². The molecule has 0 saturated heterocycles. The van der Waals surface area contributed by atoms with Crippen molar-refractivity contribution in [2.24, 2.45) is 5.92 Å². The highest BCUT2D eigenvalue weighted by atomic mass is 19.1. The van der Waals surface area contributed by atoms with E-state index >= 15 is 0 Å². The Morgan fingerprint density at radius 2 is 2.00 bits per heavy atom. The highest BCUT2D eigenvalue weighted by molar-refractivity contribution is 5.78. The number of hydrogen-bond acceptors (Lipinski definition) is 2. The van der Waals surface area contributed by atoms with Crippen molar-refractivity contribution in [1.29, 1.82) is 5.26 Å². The molecule has 102 valence electrons. The zero-order chi connectivity index (χ0) is 14.3. The Morgan fingerprint density at radius 3 is 2.53 bits per heavy atom. The lowest BCUT2D eigenvalue weighted by Gasteiger charge is -2.23.